The Balaban J connectivity index is 2.28. The van der Waals surface area contributed by atoms with Gasteiger partial charge in [0.1, 0.15) is 0 Å². The summed E-state index contributed by atoms with van der Waals surface area (Å²) in [6, 6.07) is 6.93. The molecule has 0 unspecified atom stereocenters. The number of benzene rings is 1. The summed E-state index contributed by atoms with van der Waals surface area (Å²) in [6.45, 7) is 9.11. The van der Waals surface area contributed by atoms with E-state index in [1.165, 1.54) is 19.3 Å². The van der Waals surface area contributed by atoms with Gasteiger partial charge in [0.25, 0.3) is 0 Å². The van der Waals surface area contributed by atoms with Gasteiger partial charge in [0.15, 0.2) is 0 Å². The van der Waals surface area contributed by atoms with Crippen LogP contribution >= 0.6 is 0 Å². The van der Waals surface area contributed by atoms with Crippen LogP contribution in [0.3, 0.4) is 0 Å². The lowest BCUT2D eigenvalue weighted by atomic mass is 10.0. The van der Waals surface area contributed by atoms with Gasteiger partial charge in [-0.3, -0.25) is 0 Å². The third-order valence-corrected chi connectivity index (χ3v) is 6.30. The molecule has 0 fully saturated rings. The normalized spacial score (nSPS) is 15.9. The smallest absolute Gasteiger partial charge is 0.0758 e. The minimum atomic E-state index is -0.257. The van der Waals surface area contributed by atoms with Crippen LogP contribution in [0.2, 0.25) is 0 Å². The average molecular weight is 256 g/mol. The Labute approximate surface area is 114 Å². The van der Waals surface area contributed by atoms with Crippen molar-refractivity contribution >= 4 is 14.7 Å². The lowest BCUT2D eigenvalue weighted by Crippen LogP contribution is -2.22. The molecule has 0 bridgehead atoms. The third kappa shape index (κ3) is 2.67. The molecule has 0 aliphatic heterocycles. The summed E-state index contributed by atoms with van der Waals surface area (Å²) in [5.41, 5.74) is 6.28. The quantitative estimate of drug-likeness (QED) is 0.726. The molecule has 2 rings (SSSR count). The van der Waals surface area contributed by atoms with Crippen molar-refractivity contribution < 1.29 is 0 Å². The fraction of sp³-hybridized carbons (Fsp3) is 0.412. The van der Waals surface area contributed by atoms with E-state index < -0.39 is 0 Å². The highest BCUT2D eigenvalue weighted by Gasteiger charge is 2.13. The molecular formula is C17H24Si. The van der Waals surface area contributed by atoms with E-state index in [0.717, 1.165) is 0 Å². The third-order valence-electron chi connectivity index (χ3n) is 4.02. The highest BCUT2D eigenvalue weighted by Crippen LogP contribution is 2.24. The first kappa shape index (κ1) is 13.4. The van der Waals surface area contributed by atoms with Crippen LogP contribution < -0.4 is 5.19 Å². The van der Waals surface area contributed by atoms with E-state index in [4.69, 9.17) is 0 Å². The molecule has 1 heteroatoms. The SMILES string of the molecule is CCc1cccc([SiH2]C2=C(C)C=C(C)C2)c1CC. The molecule has 1 aromatic rings. The van der Waals surface area contributed by atoms with Gasteiger partial charge in [0, 0.05) is 0 Å². The average Bonchev–Trinajstić information content (AvgIpc) is 2.67. The Morgan fingerprint density at radius 2 is 1.89 bits per heavy atom. The highest BCUT2D eigenvalue weighted by atomic mass is 28.2. The van der Waals surface area contributed by atoms with E-state index in [2.05, 4.69) is 52.0 Å². The minimum Gasteiger partial charge on any atom is -0.0758 e. The molecular weight excluding hydrogens is 232 g/mol. The number of hydrogen-bond acceptors (Lipinski definition) is 0. The Kier molecular flexibility index (Phi) is 4.23. The van der Waals surface area contributed by atoms with Crippen molar-refractivity contribution in [1.82, 2.24) is 0 Å². The largest absolute Gasteiger partial charge is 0.0835 e. The van der Waals surface area contributed by atoms with Crippen molar-refractivity contribution in [1.29, 1.82) is 0 Å². The fourth-order valence-electron chi connectivity index (χ4n) is 3.07. The van der Waals surface area contributed by atoms with Crippen molar-refractivity contribution in [3.63, 3.8) is 0 Å². The lowest BCUT2D eigenvalue weighted by molar-refractivity contribution is 1.05. The highest BCUT2D eigenvalue weighted by molar-refractivity contribution is 6.62. The van der Waals surface area contributed by atoms with Gasteiger partial charge < -0.3 is 0 Å². The summed E-state index contributed by atoms with van der Waals surface area (Å²) in [5, 5.41) is 3.42. The van der Waals surface area contributed by atoms with Crippen LogP contribution in [0.4, 0.5) is 0 Å². The maximum atomic E-state index is 2.37. The van der Waals surface area contributed by atoms with Gasteiger partial charge in [-0.25, -0.2) is 0 Å². The zero-order valence-electron chi connectivity index (χ0n) is 12.1. The molecule has 1 aliphatic carbocycles. The molecule has 0 nitrogen and oxygen atoms in total. The summed E-state index contributed by atoms with van der Waals surface area (Å²) in [5.74, 6) is 0. The molecule has 0 radical (unpaired) electrons. The van der Waals surface area contributed by atoms with Gasteiger partial charge in [0.2, 0.25) is 0 Å². The van der Waals surface area contributed by atoms with Crippen molar-refractivity contribution in [2.45, 2.75) is 47.0 Å². The summed E-state index contributed by atoms with van der Waals surface area (Å²) >= 11 is 0. The number of hydrogen-bond donors (Lipinski definition) is 0. The predicted octanol–water partition coefficient (Wildman–Crippen LogP) is 3.23. The van der Waals surface area contributed by atoms with E-state index in [1.807, 2.05) is 0 Å². The topological polar surface area (TPSA) is 0 Å². The summed E-state index contributed by atoms with van der Waals surface area (Å²) in [7, 11) is -0.257. The molecule has 0 amide bonds. The first-order chi connectivity index (χ1) is 8.65. The zero-order chi connectivity index (χ0) is 13.1. The van der Waals surface area contributed by atoms with Crippen LogP contribution in [0.15, 0.2) is 40.6 Å². The van der Waals surface area contributed by atoms with Crippen molar-refractivity contribution in [3.8, 4) is 0 Å². The molecule has 0 aromatic heterocycles. The molecule has 96 valence electrons. The molecule has 0 saturated heterocycles. The molecule has 1 aromatic carbocycles. The monoisotopic (exact) mass is 256 g/mol. The molecule has 0 heterocycles. The maximum Gasteiger partial charge on any atom is 0.0835 e. The van der Waals surface area contributed by atoms with E-state index in [-0.39, 0.29) is 9.52 Å². The second-order valence-electron chi connectivity index (χ2n) is 5.39. The molecule has 0 spiro atoms. The van der Waals surface area contributed by atoms with E-state index in [0.29, 0.717) is 0 Å². The van der Waals surface area contributed by atoms with Crippen LogP contribution in [0.5, 0.6) is 0 Å². The van der Waals surface area contributed by atoms with Gasteiger partial charge in [-0.05, 0) is 44.2 Å². The fourth-order valence-corrected chi connectivity index (χ4v) is 5.37. The molecule has 0 N–H and O–H groups in total. The first-order valence-corrected chi connectivity index (χ1v) is 8.52. The second-order valence-corrected chi connectivity index (χ2v) is 7.36. The molecule has 18 heavy (non-hydrogen) atoms. The molecule has 1 aliphatic rings. The Morgan fingerprint density at radius 1 is 1.11 bits per heavy atom. The molecule has 0 atom stereocenters. The minimum absolute atomic E-state index is 0.257. The van der Waals surface area contributed by atoms with Crippen molar-refractivity contribution in [2.24, 2.45) is 0 Å². The number of allylic oxidation sites excluding steroid dienone is 4. The van der Waals surface area contributed by atoms with Gasteiger partial charge >= 0.3 is 0 Å². The standard InChI is InChI=1S/C17H24Si/c1-5-14-8-7-9-16(15(14)6-2)18-17-11-12(3)10-13(17)4/h7-10H,5-6,11,18H2,1-4H3. The van der Waals surface area contributed by atoms with Gasteiger partial charge in [-0.2, -0.15) is 0 Å². The van der Waals surface area contributed by atoms with Crippen LogP contribution in [0.25, 0.3) is 0 Å². The predicted molar refractivity (Wildman–Crippen MR) is 84.5 cm³/mol. The first-order valence-electron chi connectivity index (χ1n) is 7.11. The van der Waals surface area contributed by atoms with Gasteiger partial charge in [-0.15, -0.1) is 0 Å². The van der Waals surface area contributed by atoms with Crippen LogP contribution in [-0.4, -0.2) is 9.52 Å². The zero-order valence-corrected chi connectivity index (χ0v) is 13.6. The van der Waals surface area contributed by atoms with Crippen molar-refractivity contribution in [2.75, 3.05) is 0 Å². The van der Waals surface area contributed by atoms with Crippen LogP contribution in [0.1, 0.15) is 45.2 Å². The van der Waals surface area contributed by atoms with Gasteiger partial charge in [-0.1, -0.05) is 59.7 Å². The molecule has 0 saturated carbocycles. The van der Waals surface area contributed by atoms with Crippen LogP contribution in [-0.2, 0) is 12.8 Å². The van der Waals surface area contributed by atoms with E-state index in [1.54, 1.807) is 32.7 Å². The van der Waals surface area contributed by atoms with Gasteiger partial charge in [0.05, 0.1) is 9.52 Å². The maximum absolute atomic E-state index is 2.37. The van der Waals surface area contributed by atoms with Crippen molar-refractivity contribution in [3.05, 3.63) is 51.7 Å². The summed E-state index contributed by atoms with van der Waals surface area (Å²) in [6.07, 6.45) is 5.96. The summed E-state index contributed by atoms with van der Waals surface area (Å²) in [4.78, 5) is 0. The lowest BCUT2D eigenvalue weighted by Gasteiger charge is -2.13. The van der Waals surface area contributed by atoms with Crippen LogP contribution in [0, 0.1) is 0 Å². The Hall–Kier alpha value is -1.08. The van der Waals surface area contributed by atoms with E-state index in [9.17, 15) is 0 Å². The number of rotatable bonds is 4. The number of aryl methyl sites for hydroxylation is 1. The second kappa shape index (κ2) is 5.70. The summed E-state index contributed by atoms with van der Waals surface area (Å²) < 4.78 is 0. The Morgan fingerprint density at radius 3 is 2.44 bits per heavy atom. The van der Waals surface area contributed by atoms with E-state index >= 15 is 0 Å². The Bertz CT molecular complexity index is 506.